The summed E-state index contributed by atoms with van der Waals surface area (Å²) in [6.07, 6.45) is 4.99. The Bertz CT molecular complexity index is 343. The van der Waals surface area contributed by atoms with E-state index in [1.54, 1.807) is 0 Å². The first kappa shape index (κ1) is 8.40. The molecule has 0 heterocycles. The number of hydrogen-bond acceptors (Lipinski definition) is 1. The molecule has 0 radical (unpaired) electrons. The number of terminal acetylenes is 1. The average Bonchev–Trinajstić information content (AvgIpc) is 2.15. The van der Waals surface area contributed by atoms with Gasteiger partial charge in [0.1, 0.15) is 0 Å². The molecule has 1 heteroatoms. The Morgan fingerprint density at radius 3 is 2.42 bits per heavy atom. The third kappa shape index (κ3) is 2.16. The van der Waals surface area contributed by atoms with Crippen molar-refractivity contribution in [2.45, 2.75) is 6.54 Å². The smallest absolute Gasteiger partial charge is 0.0255 e. The maximum atomic E-state index is 5.43. The van der Waals surface area contributed by atoms with Crippen molar-refractivity contribution < 1.29 is 0 Å². The fraction of sp³-hybridized carbons (Fsp3) is 0.0909. The van der Waals surface area contributed by atoms with E-state index < -0.39 is 0 Å². The summed E-state index contributed by atoms with van der Waals surface area (Å²) in [5, 5.41) is 0. The maximum Gasteiger partial charge on any atom is 0.0255 e. The molecular formula is C11H9N. The summed E-state index contributed by atoms with van der Waals surface area (Å²) in [6.45, 7) is 0.558. The molecule has 0 spiro atoms. The summed E-state index contributed by atoms with van der Waals surface area (Å²) in [6, 6.07) is 7.71. The highest BCUT2D eigenvalue weighted by atomic mass is 14.5. The summed E-state index contributed by atoms with van der Waals surface area (Å²) in [5.41, 5.74) is 7.45. The highest BCUT2D eigenvalue weighted by molar-refractivity contribution is 5.39. The van der Waals surface area contributed by atoms with Gasteiger partial charge < -0.3 is 5.73 Å². The second-order valence-electron chi connectivity index (χ2n) is 2.30. The molecule has 2 N–H and O–H groups in total. The molecule has 1 aromatic carbocycles. The molecule has 12 heavy (non-hydrogen) atoms. The molecule has 1 rings (SSSR count). The van der Waals surface area contributed by atoms with E-state index in [1.165, 1.54) is 0 Å². The van der Waals surface area contributed by atoms with Gasteiger partial charge in [0.15, 0.2) is 0 Å². The van der Waals surface area contributed by atoms with Crippen LogP contribution in [0.15, 0.2) is 24.3 Å². The highest BCUT2D eigenvalue weighted by Crippen LogP contribution is 2.01. The predicted octanol–water partition coefficient (Wildman–Crippen LogP) is 1.13. The van der Waals surface area contributed by atoms with E-state index in [0.717, 1.165) is 11.1 Å². The normalized spacial score (nSPS) is 8.00. The van der Waals surface area contributed by atoms with E-state index in [4.69, 9.17) is 12.2 Å². The summed E-state index contributed by atoms with van der Waals surface area (Å²) in [5.74, 6) is 7.63. The molecule has 0 aromatic heterocycles. The second-order valence-corrected chi connectivity index (χ2v) is 2.30. The molecule has 0 saturated heterocycles. The molecule has 0 aliphatic heterocycles. The molecule has 1 nitrogen and oxygen atoms in total. The maximum absolute atomic E-state index is 5.43. The zero-order valence-corrected chi connectivity index (χ0v) is 6.67. The Kier molecular flexibility index (Phi) is 2.96. The van der Waals surface area contributed by atoms with Crippen molar-refractivity contribution in [2.75, 3.05) is 0 Å². The topological polar surface area (TPSA) is 26.0 Å². The Morgan fingerprint density at radius 2 is 1.92 bits per heavy atom. The first-order chi connectivity index (χ1) is 5.86. The van der Waals surface area contributed by atoms with Gasteiger partial charge in [-0.2, -0.15) is 0 Å². The first-order valence-electron chi connectivity index (χ1n) is 3.62. The van der Waals surface area contributed by atoms with E-state index in [1.807, 2.05) is 24.3 Å². The van der Waals surface area contributed by atoms with E-state index in [0.29, 0.717) is 6.54 Å². The molecule has 0 saturated carbocycles. The van der Waals surface area contributed by atoms with Gasteiger partial charge in [0.2, 0.25) is 0 Å². The standard InChI is InChI=1S/C11H9N/c1-2-3-4-10-5-7-11(9-12)8-6-10/h1,5-8H,9,12H2. The Morgan fingerprint density at radius 1 is 1.25 bits per heavy atom. The van der Waals surface area contributed by atoms with Crippen molar-refractivity contribution in [3.63, 3.8) is 0 Å². The van der Waals surface area contributed by atoms with Gasteiger partial charge in [-0.1, -0.05) is 18.1 Å². The van der Waals surface area contributed by atoms with Crippen molar-refractivity contribution in [1.29, 1.82) is 0 Å². The molecule has 0 aliphatic carbocycles. The van der Waals surface area contributed by atoms with Crippen LogP contribution in [0.4, 0.5) is 0 Å². The third-order valence-corrected chi connectivity index (χ3v) is 1.47. The summed E-state index contributed by atoms with van der Waals surface area (Å²) in [7, 11) is 0. The van der Waals surface area contributed by atoms with Gasteiger partial charge in [0.25, 0.3) is 0 Å². The van der Waals surface area contributed by atoms with Crippen LogP contribution in [-0.2, 0) is 6.54 Å². The Balaban J connectivity index is 2.87. The number of benzene rings is 1. The molecule has 0 amide bonds. The van der Waals surface area contributed by atoms with E-state index in [2.05, 4.69) is 17.8 Å². The van der Waals surface area contributed by atoms with Gasteiger partial charge in [-0.05, 0) is 29.5 Å². The van der Waals surface area contributed by atoms with Crippen LogP contribution < -0.4 is 5.73 Å². The lowest BCUT2D eigenvalue weighted by Gasteiger charge is -1.94. The van der Waals surface area contributed by atoms with Gasteiger partial charge in [0.05, 0.1) is 0 Å². The number of hydrogen-bond donors (Lipinski definition) is 1. The monoisotopic (exact) mass is 155 g/mol. The lowest BCUT2D eigenvalue weighted by Crippen LogP contribution is -1.95. The quantitative estimate of drug-likeness (QED) is 0.604. The van der Waals surface area contributed by atoms with Crippen LogP contribution in [0.1, 0.15) is 11.1 Å². The molecule has 0 unspecified atom stereocenters. The molecule has 0 atom stereocenters. The van der Waals surface area contributed by atoms with Gasteiger partial charge >= 0.3 is 0 Å². The van der Waals surface area contributed by atoms with Gasteiger partial charge in [-0.15, -0.1) is 6.42 Å². The SMILES string of the molecule is C#CC#Cc1ccc(CN)cc1. The molecule has 0 fully saturated rings. The minimum Gasteiger partial charge on any atom is -0.326 e. The van der Waals surface area contributed by atoms with E-state index in [-0.39, 0.29) is 0 Å². The summed E-state index contributed by atoms with van der Waals surface area (Å²) < 4.78 is 0. The van der Waals surface area contributed by atoms with Crippen molar-refractivity contribution in [1.82, 2.24) is 0 Å². The fourth-order valence-electron chi connectivity index (χ4n) is 0.832. The largest absolute Gasteiger partial charge is 0.326 e. The van der Waals surface area contributed by atoms with E-state index >= 15 is 0 Å². The van der Waals surface area contributed by atoms with Crippen molar-refractivity contribution in [2.24, 2.45) is 5.73 Å². The van der Waals surface area contributed by atoms with Crippen LogP contribution in [0.25, 0.3) is 0 Å². The van der Waals surface area contributed by atoms with Crippen LogP contribution in [0.5, 0.6) is 0 Å². The van der Waals surface area contributed by atoms with Crippen LogP contribution >= 0.6 is 0 Å². The van der Waals surface area contributed by atoms with Gasteiger partial charge in [0, 0.05) is 12.1 Å². The second kappa shape index (κ2) is 4.23. The number of rotatable bonds is 1. The third-order valence-electron chi connectivity index (χ3n) is 1.47. The van der Waals surface area contributed by atoms with Crippen molar-refractivity contribution in [3.05, 3.63) is 35.4 Å². The van der Waals surface area contributed by atoms with Gasteiger partial charge in [-0.3, -0.25) is 0 Å². The minimum absolute atomic E-state index is 0.558. The summed E-state index contributed by atoms with van der Waals surface area (Å²) >= 11 is 0. The van der Waals surface area contributed by atoms with Gasteiger partial charge in [-0.25, -0.2) is 0 Å². The molecule has 0 aliphatic rings. The predicted molar refractivity (Wildman–Crippen MR) is 50.0 cm³/mol. The van der Waals surface area contributed by atoms with E-state index in [9.17, 15) is 0 Å². The zero-order valence-electron chi connectivity index (χ0n) is 6.67. The van der Waals surface area contributed by atoms with Crippen LogP contribution in [0.3, 0.4) is 0 Å². The van der Waals surface area contributed by atoms with Crippen LogP contribution in [-0.4, -0.2) is 0 Å². The molecular weight excluding hydrogens is 146 g/mol. The van der Waals surface area contributed by atoms with Crippen molar-refractivity contribution >= 4 is 0 Å². The Labute approximate surface area is 72.6 Å². The number of nitrogens with two attached hydrogens (primary N) is 1. The molecule has 1 aromatic rings. The molecule has 0 bridgehead atoms. The summed E-state index contributed by atoms with van der Waals surface area (Å²) in [4.78, 5) is 0. The minimum atomic E-state index is 0.558. The molecule has 58 valence electrons. The van der Waals surface area contributed by atoms with Crippen LogP contribution in [0, 0.1) is 24.2 Å². The van der Waals surface area contributed by atoms with Crippen LogP contribution in [0.2, 0.25) is 0 Å². The first-order valence-corrected chi connectivity index (χ1v) is 3.62. The average molecular weight is 155 g/mol. The Hall–Kier alpha value is -1.70. The van der Waals surface area contributed by atoms with Crippen molar-refractivity contribution in [3.8, 4) is 24.2 Å². The fourth-order valence-corrected chi connectivity index (χ4v) is 0.832. The zero-order chi connectivity index (χ0) is 8.81. The lowest BCUT2D eigenvalue weighted by molar-refractivity contribution is 1.07. The highest BCUT2D eigenvalue weighted by Gasteiger charge is 1.87. The lowest BCUT2D eigenvalue weighted by atomic mass is 10.1.